The Morgan fingerprint density at radius 3 is 1.68 bits per heavy atom. The molecule has 0 bridgehead atoms. The largest absolute Gasteiger partial charge is 0.394 e. The first-order valence-electron chi connectivity index (χ1n) is 9.68. The fourth-order valence-electron chi connectivity index (χ4n) is 2.82. The van der Waals surface area contributed by atoms with Crippen LogP contribution in [0.5, 0.6) is 0 Å². The van der Waals surface area contributed by atoms with Gasteiger partial charge in [0, 0.05) is 0 Å². The summed E-state index contributed by atoms with van der Waals surface area (Å²) in [6.45, 7) is 6.58. The third-order valence-corrected chi connectivity index (χ3v) is 4.28. The van der Waals surface area contributed by atoms with Gasteiger partial charge in [0.25, 0.3) is 0 Å². The summed E-state index contributed by atoms with van der Waals surface area (Å²) in [6.07, 6.45) is 20.6. The molecular formula is C20H40O2. The molecule has 1 atom stereocenters. The molecule has 0 aliphatic carbocycles. The standard InChI is InChI=1S/C20H40O2/c1-3-5-6-7-8-9-10-11-12-13-14-15-16-17-20(19-21)22-18-4-2/h4,20-21H,2-3,5-19H2,1H3/t20-/m1/s1. The maximum absolute atomic E-state index is 9.18. The Hall–Kier alpha value is -0.340. The molecule has 0 heterocycles. The summed E-state index contributed by atoms with van der Waals surface area (Å²) >= 11 is 0. The van der Waals surface area contributed by atoms with Crippen LogP contribution in [-0.2, 0) is 4.74 Å². The average Bonchev–Trinajstić information content (AvgIpc) is 2.54. The first-order valence-corrected chi connectivity index (χ1v) is 9.68. The highest BCUT2D eigenvalue weighted by atomic mass is 16.5. The number of aliphatic hydroxyl groups is 1. The van der Waals surface area contributed by atoms with Crippen molar-refractivity contribution >= 4 is 0 Å². The van der Waals surface area contributed by atoms with Crippen LogP contribution in [0.25, 0.3) is 0 Å². The van der Waals surface area contributed by atoms with Gasteiger partial charge < -0.3 is 9.84 Å². The van der Waals surface area contributed by atoms with E-state index in [0.717, 1.165) is 6.42 Å². The number of hydrogen-bond acceptors (Lipinski definition) is 2. The molecule has 0 aromatic carbocycles. The van der Waals surface area contributed by atoms with Crippen LogP contribution in [0.2, 0.25) is 0 Å². The summed E-state index contributed by atoms with van der Waals surface area (Å²) in [7, 11) is 0. The van der Waals surface area contributed by atoms with Crippen molar-refractivity contribution < 1.29 is 9.84 Å². The Balaban J connectivity index is 3.14. The van der Waals surface area contributed by atoms with E-state index in [1.54, 1.807) is 6.08 Å². The number of hydrogen-bond donors (Lipinski definition) is 1. The Morgan fingerprint density at radius 2 is 1.27 bits per heavy atom. The predicted molar refractivity (Wildman–Crippen MR) is 97.3 cm³/mol. The molecule has 2 nitrogen and oxygen atoms in total. The molecule has 0 radical (unpaired) electrons. The number of aliphatic hydroxyl groups excluding tert-OH is 1. The van der Waals surface area contributed by atoms with E-state index < -0.39 is 0 Å². The zero-order valence-electron chi connectivity index (χ0n) is 15.0. The molecule has 132 valence electrons. The van der Waals surface area contributed by atoms with E-state index in [1.807, 2.05) is 0 Å². The monoisotopic (exact) mass is 312 g/mol. The highest BCUT2D eigenvalue weighted by molar-refractivity contribution is 4.66. The number of ether oxygens (including phenoxy) is 1. The molecule has 22 heavy (non-hydrogen) atoms. The molecule has 0 spiro atoms. The second-order valence-corrected chi connectivity index (χ2v) is 6.46. The molecule has 0 saturated carbocycles. The van der Waals surface area contributed by atoms with Gasteiger partial charge >= 0.3 is 0 Å². The van der Waals surface area contributed by atoms with Crippen molar-refractivity contribution in [1.29, 1.82) is 0 Å². The molecular weight excluding hydrogens is 272 g/mol. The van der Waals surface area contributed by atoms with E-state index >= 15 is 0 Å². The molecule has 0 aromatic rings. The van der Waals surface area contributed by atoms with Crippen molar-refractivity contribution in [3.8, 4) is 0 Å². The van der Waals surface area contributed by atoms with Crippen molar-refractivity contribution in [2.45, 2.75) is 103 Å². The normalized spacial score (nSPS) is 12.5. The van der Waals surface area contributed by atoms with Crippen LogP contribution >= 0.6 is 0 Å². The minimum atomic E-state index is 0.00529. The molecule has 0 saturated heterocycles. The zero-order chi connectivity index (χ0) is 16.3. The lowest BCUT2D eigenvalue weighted by Gasteiger charge is -2.13. The van der Waals surface area contributed by atoms with Gasteiger partial charge in [-0.3, -0.25) is 0 Å². The summed E-state index contributed by atoms with van der Waals surface area (Å²) in [4.78, 5) is 0. The van der Waals surface area contributed by atoms with Gasteiger partial charge in [0.05, 0.1) is 19.3 Å². The molecule has 1 N–H and O–H groups in total. The maximum atomic E-state index is 9.18. The quantitative estimate of drug-likeness (QED) is 0.247. The van der Waals surface area contributed by atoms with Crippen molar-refractivity contribution in [2.24, 2.45) is 0 Å². The summed E-state index contributed by atoms with van der Waals surface area (Å²) < 4.78 is 5.48. The molecule has 0 aliphatic heterocycles. The smallest absolute Gasteiger partial charge is 0.0810 e. The number of rotatable bonds is 18. The van der Waals surface area contributed by atoms with Gasteiger partial charge in [-0.2, -0.15) is 0 Å². The second-order valence-electron chi connectivity index (χ2n) is 6.46. The van der Waals surface area contributed by atoms with Crippen LogP contribution in [0, 0.1) is 0 Å². The lowest BCUT2D eigenvalue weighted by molar-refractivity contribution is 0.0217. The van der Waals surface area contributed by atoms with Gasteiger partial charge in [0.1, 0.15) is 0 Å². The molecule has 0 rings (SSSR count). The van der Waals surface area contributed by atoms with Crippen molar-refractivity contribution in [1.82, 2.24) is 0 Å². The van der Waals surface area contributed by atoms with Gasteiger partial charge in [0.2, 0.25) is 0 Å². The summed E-state index contributed by atoms with van der Waals surface area (Å²) in [5.41, 5.74) is 0. The lowest BCUT2D eigenvalue weighted by Crippen LogP contribution is -2.17. The third kappa shape index (κ3) is 16.0. The average molecular weight is 313 g/mol. The van der Waals surface area contributed by atoms with Crippen LogP contribution in [0.4, 0.5) is 0 Å². The van der Waals surface area contributed by atoms with Crippen molar-refractivity contribution in [3.63, 3.8) is 0 Å². The van der Waals surface area contributed by atoms with Crippen molar-refractivity contribution in [3.05, 3.63) is 12.7 Å². The van der Waals surface area contributed by atoms with E-state index in [2.05, 4.69) is 13.5 Å². The Kier molecular flexibility index (Phi) is 18.4. The molecule has 0 amide bonds. The van der Waals surface area contributed by atoms with E-state index in [1.165, 1.54) is 83.5 Å². The maximum Gasteiger partial charge on any atom is 0.0810 e. The van der Waals surface area contributed by atoms with E-state index in [-0.39, 0.29) is 12.7 Å². The van der Waals surface area contributed by atoms with Crippen LogP contribution in [0.3, 0.4) is 0 Å². The summed E-state index contributed by atoms with van der Waals surface area (Å²) in [5, 5.41) is 9.18. The summed E-state index contributed by atoms with van der Waals surface area (Å²) in [5.74, 6) is 0. The first kappa shape index (κ1) is 21.7. The molecule has 0 unspecified atom stereocenters. The van der Waals surface area contributed by atoms with Gasteiger partial charge in [-0.05, 0) is 6.42 Å². The molecule has 0 aliphatic rings. The summed E-state index contributed by atoms with van der Waals surface area (Å²) in [6, 6.07) is 0. The van der Waals surface area contributed by atoms with E-state index in [0.29, 0.717) is 6.61 Å². The van der Waals surface area contributed by atoms with Crippen molar-refractivity contribution in [2.75, 3.05) is 13.2 Å². The fourth-order valence-corrected chi connectivity index (χ4v) is 2.82. The van der Waals surface area contributed by atoms with Crippen LogP contribution < -0.4 is 0 Å². The van der Waals surface area contributed by atoms with Crippen LogP contribution in [0.15, 0.2) is 12.7 Å². The van der Waals surface area contributed by atoms with E-state index in [4.69, 9.17) is 4.74 Å². The Morgan fingerprint density at radius 1 is 0.818 bits per heavy atom. The third-order valence-electron chi connectivity index (χ3n) is 4.28. The van der Waals surface area contributed by atoms with Gasteiger partial charge in [0.15, 0.2) is 0 Å². The molecule has 0 aromatic heterocycles. The van der Waals surface area contributed by atoms with Crippen LogP contribution in [0.1, 0.15) is 96.8 Å². The minimum Gasteiger partial charge on any atom is -0.394 e. The highest BCUT2D eigenvalue weighted by Gasteiger charge is 2.05. The Bertz CT molecular complexity index is 216. The fraction of sp³-hybridized carbons (Fsp3) is 0.900. The predicted octanol–water partition coefficient (Wildman–Crippen LogP) is 6.03. The number of unbranched alkanes of at least 4 members (excludes halogenated alkanes) is 12. The first-order chi connectivity index (χ1) is 10.8. The SMILES string of the molecule is C=CCO[C@@H](CO)CCCCCCCCCCCCCCC. The Labute approximate surface area is 139 Å². The lowest BCUT2D eigenvalue weighted by atomic mass is 10.0. The van der Waals surface area contributed by atoms with Gasteiger partial charge in [-0.1, -0.05) is 96.5 Å². The van der Waals surface area contributed by atoms with Gasteiger partial charge in [-0.25, -0.2) is 0 Å². The minimum absolute atomic E-state index is 0.00529. The zero-order valence-corrected chi connectivity index (χ0v) is 15.0. The van der Waals surface area contributed by atoms with E-state index in [9.17, 15) is 5.11 Å². The second kappa shape index (κ2) is 18.7. The molecule has 2 heteroatoms. The molecule has 0 fully saturated rings. The topological polar surface area (TPSA) is 29.5 Å². The van der Waals surface area contributed by atoms with Gasteiger partial charge in [-0.15, -0.1) is 6.58 Å². The highest BCUT2D eigenvalue weighted by Crippen LogP contribution is 2.13. The van der Waals surface area contributed by atoms with Crippen LogP contribution in [-0.4, -0.2) is 24.4 Å².